The zero-order chi connectivity index (χ0) is 11.8. The summed E-state index contributed by atoms with van der Waals surface area (Å²) in [5, 5.41) is 21.7. The van der Waals surface area contributed by atoms with Gasteiger partial charge in [0, 0.05) is 0 Å². The summed E-state index contributed by atoms with van der Waals surface area (Å²) in [5.74, 6) is -0.125. The Morgan fingerprint density at radius 2 is 1.88 bits per heavy atom. The monoisotopic (exact) mass is 224 g/mol. The molecule has 90 valence electrons. The van der Waals surface area contributed by atoms with Gasteiger partial charge in [-0.25, -0.2) is 0 Å². The fourth-order valence-electron chi connectivity index (χ4n) is 1.48. The highest BCUT2D eigenvalue weighted by atomic mass is 16.3. The number of benzene rings is 1. The van der Waals surface area contributed by atoms with E-state index in [1.54, 1.807) is 6.07 Å². The van der Waals surface area contributed by atoms with Crippen LogP contribution in [0.4, 0.5) is 0 Å². The van der Waals surface area contributed by atoms with Crippen molar-refractivity contribution in [1.29, 1.82) is 0 Å². The SMILES string of the molecule is NCCCCNCCc1ccc(O)c(O)c1. The van der Waals surface area contributed by atoms with Gasteiger partial charge < -0.3 is 21.3 Å². The van der Waals surface area contributed by atoms with Crippen molar-refractivity contribution in [2.24, 2.45) is 5.73 Å². The lowest BCUT2D eigenvalue weighted by molar-refractivity contribution is 0.403. The number of nitrogens with two attached hydrogens (primary N) is 1. The molecule has 0 saturated carbocycles. The van der Waals surface area contributed by atoms with Crippen molar-refractivity contribution < 1.29 is 10.2 Å². The van der Waals surface area contributed by atoms with Crippen LogP contribution in [0.2, 0.25) is 0 Å². The fourth-order valence-corrected chi connectivity index (χ4v) is 1.48. The number of phenols is 2. The third-order valence-electron chi connectivity index (χ3n) is 2.44. The number of aromatic hydroxyl groups is 2. The molecule has 0 saturated heterocycles. The minimum atomic E-state index is -0.0698. The molecule has 0 aromatic heterocycles. The lowest BCUT2D eigenvalue weighted by atomic mass is 10.1. The van der Waals surface area contributed by atoms with Crippen LogP contribution in [-0.4, -0.2) is 29.8 Å². The highest BCUT2D eigenvalue weighted by Gasteiger charge is 1.99. The van der Waals surface area contributed by atoms with Crippen LogP contribution < -0.4 is 11.1 Å². The van der Waals surface area contributed by atoms with Gasteiger partial charge in [-0.15, -0.1) is 0 Å². The second-order valence-corrected chi connectivity index (χ2v) is 3.82. The zero-order valence-electron chi connectivity index (χ0n) is 9.45. The predicted molar refractivity (Wildman–Crippen MR) is 64.6 cm³/mol. The van der Waals surface area contributed by atoms with Gasteiger partial charge in [0.15, 0.2) is 11.5 Å². The molecule has 0 aliphatic heterocycles. The Labute approximate surface area is 96.1 Å². The molecular formula is C12H20N2O2. The van der Waals surface area contributed by atoms with Gasteiger partial charge >= 0.3 is 0 Å². The molecule has 0 amide bonds. The van der Waals surface area contributed by atoms with Crippen molar-refractivity contribution in [3.05, 3.63) is 23.8 Å². The van der Waals surface area contributed by atoms with Gasteiger partial charge in [-0.1, -0.05) is 6.07 Å². The topological polar surface area (TPSA) is 78.5 Å². The summed E-state index contributed by atoms with van der Waals surface area (Å²) >= 11 is 0. The Kier molecular flexibility index (Phi) is 5.67. The first-order chi connectivity index (χ1) is 7.74. The number of hydrogen-bond donors (Lipinski definition) is 4. The molecule has 0 heterocycles. The molecule has 0 atom stereocenters. The van der Waals surface area contributed by atoms with Gasteiger partial charge in [-0.3, -0.25) is 0 Å². The molecule has 4 nitrogen and oxygen atoms in total. The Bertz CT molecular complexity index is 316. The van der Waals surface area contributed by atoms with Gasteiger partial charge in [0.2, 0.25) is 0 Å². The van der Waals surface area contributed by atoms with Crippen LogP contribution >= 0.6 is 0 Å². The molecule has 0 bridgehead atoms. The van der Waals surface area contributed by atoms with Crippen molar-refractivity contribution in [1.82, 2.24) is 5.32 Å². The van der Waals surface area contributed by atoms with Crippen LogP contribution in [-0.2, 0) is 6.42 Å². The average Bonchev–Trinajstić information content (AvgIpc) is 2.28. The third-order valence-corrected chi connectivity index (χ3v) is 2.44. The quantitative estimate of drug-likeness (QED) is 0.411. The van der Waals surface area contributed by atoms with Crippen LogP contribution in [0.25, 0.3) is 0 Å². The molecule has 16 heavy (non-hydrogen) atoms. The summed E-state index contributed by atoms with van der Waals surface area (Å²) in [6.07, 6.45) is 2.99. The van der Waals surface area contributed by atoms with Crippen LogP contribution in [0, 0.1) is 0 Å². The zero-order valence-corrected chi connectivity index (χ0v) is 9.45. The number of hydrogen-bond acceptors (Lipinski definition) is 4. The van der Waals surface area contributed by atoms with E-state index in [0.29, 0.717) is 0 Å². The van der Waals surface area contributed by atoms with Gasteiger partial charge in [0.25, 0.3) is 0 Å². The molecule has 0 radical (unpaired) electrons. The Balaban J connectivity index is 2.19. The molecule has 0 aliphatic carbocycles. The maximum absolute atomic E-state index is 9.29. The normalized spacial score (nSPS) is 10.6. The van der Waals surface area contributed by atoms with Gasteiger partial charge in [-0.2, -0.15) is 0 Å². The van der Waals surface area contributed by atoms with E-state index >= 15 is 0 Å². The lowest BCUT2D eigenvalue weighted by Gasteiger charge is -2.05. The predicted octanol–water partition coefficient (Wildman–Crippen LogP) is 0.969. The first-order valence-electron chi connectivity index (χ1n) is 5.65. The van der Waals surface area contributed by atoms with Gasteiger partial charge in [0.1, 0.15) is 0 Å². The largest absolute Gasteiger partial charge is 0.504 e. The Hall–Kier alpha value is -1.26. The van der Waals surface area contributed by atoms with Crippen molar-refractivity contribution in [2.75, 3.05) is 19.6 Å². The van der Waals surface area contributed by atoms with Gasteiger partial charge in [-0.05, 0) is 56.6 Å². The van der Waals surface area contributed by atoms with Crippen molar-refractivity contribution in [3.63, 3.8) is 0 Å². The van der Waals surface area contributed by atoms with Gasteiger partial charge in [0.05, 0.1) is 0 Å². The van der Waals surface area contributed by atoms with E-state index in [1.807, 2.05) is 6.07 Å². The summed E-state index contributed by atoms with van der Waals surface area (Å²) in [6.45, 7) is 2.59. The molecule has 5 N–H and O–H groups in total. The number of nitrogens with one attached hydrogen (secondary N) is 1. The highest BCUT2D eigenvalue weighted by molar-refractivity contribution is 5.40. The van der Waals surface area contributed by atoms with Crippen molar-refractivity contribution >= 4 is 0 Å². The molecule has 1 aromatic carbocycles. The van der Waals surface area contributed by atoms with Crippen LogP contribution in [0.1, 0.15) is 18.4 Å². The maximum Gasteiger partial charge on any atom is 0.157 e. The average molecular weight is 224 g/mol. The van der Waals surface area contributed by atoms with Crippen molar-refractivity contribution in [3.8, 4) is 11.5 Å². The Morgan fingerprint density at radius 1 is 1.06 bits per heavy atom. The minimum Gasteiger partial charge on any atom is -0.504 e. The molecule has 0 unspecified atom stereocenters. The van der Waals surface area contributed by atoms with E-state index in [9.17, 15) is 5.11 Å². The highest BCUT2D eigenvalue weighted by Crippen LogP contribution is 2.24. The standard InChI is InChI=1S/C12H20N2O2/c13-6-1-2-7-14-8-5-10-3-4-11(15)12(16)9-10/h3-4,9,14-16H,1-2,5-8,13H2. The molecule has 4 heteroatoms. The van der Waals surface area contributed by atoms with E-state index < -0.39 is 0 Å². The number of unbranched alkanes of at least 4 members (excludes halogenated alkanes) is 1. The summed E-state index contributed by atoms with van der Waals surface area (Å²) in [4.78, 5) is 0. The number of rotatable bonds is 7. The summed E-state index contributed by atoms with van der Waals surface area (Å²) < 4.78 is 0. The summed E-state index contributed by atoms with van der Waals surface area (Å²) in [5.41, 5.74) is 6.40. The molecule has 1 rings (SSSR count). The minimum absolute atomic E-state index is 0.0550. The van der Waals surface area contributed by atoms with Crippen LogP contribution in [0.15, 0.2) is 18.2 Å². The van der Waals surface area contributed by atoms with Crippen LogP contribution in [0.5, 0.6) is 11.5 Å². The molecular weight excluding hydrogens is 204 g/mol. The molecule has 0 fully saturated rings. The van der Waals surface area contributed by atoms with E-state index in [2.05, 4.69) is 5.32 Å². The second kappa shape index (κ2) is 7.09. The van der Waals surface area contributed by atoms with Crippen molar-refractivity contribution in [2.45, 2.75) is 19.3 Å². The second-order valence-electron chi connectivity index (χ2n) is 3.82. The summed E-state index contributed by atoms with van der Waals surface area (Å²) in [7, 11) is 0. The smallest absolute Gasteiger partial charge is 0.157 e. The van der Waals surface area contributed by atoms with E-state index in [4.69, 9.17) is 10.8 Å². The molecule has 0 aliphatic rings. The third kappa shape index (κ3) is 4.51. The molecule has 1 aromatic rings. The van der Waals surface area contributed by atoms with E-state index in [1.165, 1.54) is 6.07 Å². The Morgan fingerprint density at radius 3 is 2.56 bits per heavy atom. The summed E-state index contributed by atoms with van der Waals surface area (Å²) in [6, 6.07) is 4.92. The van der Waals surface area contributed by atoms with Crippen LogP contribution in [0.3, 0.4) is 0 Å². The van der Waals surface area contributed by atoms with E-state index in [-0.39, 0.29) is 11.5 Å². The first-order valence-corrected chi connectivity index (χ1v) is 5.65. The maximum atomic E-state index is 9.29. The number of phenolic OH excluding ortho intramolecular Hbond substituents is 2. The molecule has 0 spiro atoms. The fraction of sp³-hybridized carbons (Fsp3) is 0.500. The van der Waals surface area contributed by atoms with E-state index in [0.717, 1.165) is 44.5 Å². The first kappa shape index (κ1) is 12.8. The lowest BCUT2D eigenvalue weighted by Crippen LogP contribution is -2.19.